The molecule has 0 bridgehead atoms. The fraction of sp³-hybridized carbons (Fsp3) is 0.400. The van der Waals surface area contributed by atoms with Crippen molar-refractivity contribution in [3.63, 3.8) is 0 Å². The number of fused-ring (bicyclic) bond motifs is 1. The van der Waals surface area contributed by atoms with Gasteiger partial charge in [0, 0.05) is 32.4 Å². The monoisotopic (exact) mass is 301 g/mol. The quantitative estimate of drug-likeness (QED) is 0.832. The SMILES string of the molecule is CNC(=O)c1cccc2nc(C(=O)N3CCCC(N)C3)cn12. The van der Waals surface area contributed by atoms with Crippen LogP contribution in [0.3, 0.4) is 0 Å². The highest BCUT2D eigenvalue weighted by atomic mass is 16.2. The highest BCUT2D eigenvalue weighted by molar-refractivity contribution is 5.95. The van der Waals surface area contributed by atoms with Crippen molar-refractivity contribution in [3.8, 4) is 0 Å². The van der Waals surface area contributed by atoms with E-state index in [1.54, 1.807) is 40.7 Å². The molecule has 3 N–H and O–H groups in total. The smallest absolute Gasteiger partial charge is 0.274 e. The number of nitrogens with one attached hydrogen (secondary N) is 1. The summed E-state index contributed by atoms with van der Waals surface area (Å²) in [5.41, 5.74) is 7.28. The number of carbonyl (C=O) groups excluding carboxylic acids is 2. The molecule has 116 valence electrons. The van der Waals surface area contributed by atoms with Crippen molar-refractivity contribution in [2.45, 2.75) is 18.9 Å². The zero-order valence-corrected chi connectivity index (χ0v) is 12.5. The zero-order chi connectivity index (χ0) is 15.7. The summed E-state index contributed by atoms with van der Waals surface area (Å²) in [5.74, 6) is -0.358. The van der Waals surface area contributed by atoms with Crippen LogP contribution < -0.4 is 11.1 Å². The number of hydrogen-bond donors (Lipinski definition) is 2. The van der Waals surface area contributed by atoms with Crippen LogP contribution in [-0.2, 0) is 0 Å². The standard InChI is InChI=1S/C15H19N5O2/c1-17-14(21)12-5-2-6-13-18-11(9-20(12)13)15(22)19-7-3-4-10(16)8-19/h2,5-6,9-10H,3-4,7-8,16H2,1H3,(H,17,21). The number of nitrogens with zero attached hydrogens (tertiary/aromatic N) is 3. The molecule has 2 aromatic rings. The van der Waals surface area contributed by atoms with Gasteiger partial charge in [0.15, 0.2) is 0 Å². The Bertz CT molecular complexity index is 724. The van der Waals surface area contributed by atoms with Gasteiger partial charge >= 0.3 is 0 Å². The van der Waals surface area contributed by atoms with Crippen LogP contribution in [0.2, 0.25) is 0 Å². The van der Waals surface area contributed by atoms with Gasteiger partial charge in [0.25, 0.3) is 11.8 Å². The number of aromatic nitrogens is 2. The molecule has 22 heavy (non-hydrogen) atoms. The van der Waals surface area contributed by atoms with Gasteiger partial charge in [-0.25, -0.2) is 4.98 Å². The third kappa shape index (κ3) is 2.55. The Morgan fingerprint density at radius 3 is 2.95 bits per heavy atom. The van der Waals surface area contributed by atoms with Gasteiger partial charge in [0.1, 0.15) is 17.0 Å². The fourth-order valence-electron chi connectivity index (χ4n) is 2.78. The Morgan fingerprint density at radius 2 is 2.23 bits per heavy atom. The molecule has 1 atom stereocenters. The highest BCUT2D eigenvalue weighted by Gasteiger charge is 2.24. The average molecular weight is 301 g/mol. The van der Waals surface area contributed by atoms with Crippen molar-refractivity contribution in [2.24, 2.45) is 5.73 Å². The molecule has 1 unspecified atom stereocenters. The second-order valence-electron chi connectivity index (χ2n) is 5.50. The van der Waals surface area contributed by atoms with Crippen molar-refractivity contribution in [1.29, 1.82) is 0 Å². The number of likely N-dealkylation sites (tertiary alicyclic amines) is 1. The summed E-state index contributed by atoms with van der Waals surface area (Å²) < 4.78 is 1.63. The Kier molecular flexibility index (Phi) is 3.81. The van der Waals surface area contributed by atoms with E-state index in [1.807, 2.05) is 0 Å². The summed E-state index contributed by atoms with van der Waals surface area (Å²) in [7, 11) is 1.57. The summed E-state index contributed by atoms with van der Waals surface area (Å²) in [6.07, 6.45) is 3.46. The van der Waals surface area contributed by atoms with Gasteiger partial charge in [0.05, 0.1) is 0 Å². The van der Waals surface area contributed by atoms with E-state index >= 15 is 0 Å². The molecule has 1 aliphatic rings. The van der Waals surface area contributed by atoms with Gasteiger partial charge in [0.2, 0.25) is 0 Å². The molecule has 3 heterocycles. The maximum absolute atomic E-state index is 12.6. The second-order valence-corrected chi connectivity index (χ2v) is 5.50. The van der Waals surface area contributed by atoms with Gasteiger partial charge in [-0.15, -0.1) is 0 Å². The summed E-state index contributed by atoms with van der Waals surface area (Å²) >= 11 is 0. The van der Waals surface area contributed by atoms with Crippen LogP contribution >= 0.6 is 0 Å². The van der Waals surface area contributed by atoms with Crippen LogP contribution in [0.1, 0.15) is 33.8 Å². The van der Waals surface area contributed by atoms with Crippen LogP contribution in [0, 0.1) is 0 Å². The molecule has 0 aliphatic carbocycles. The second kappa shape index (κ2) is 5.76. The Morgan fingerprint density at radius 1 is 1.41 bits per heavy atom. The molecule has 7 nitrogen and oxygen atoms in total. The number of imidazole rings is 1. The molecular formula is C15H19N5O2. The van der Waals surface area contributed by atoms with E-state index in [9.17, 15) is 9.59 Å². The summed E-state index contributed by atoms with van der Waals surface area (Å²) in [6, 6.07) is 5.23. The minimum atomic E-state index is -0.220. The number of amides is 2. The number of piperidine rings is 1. The van der Waals surface area contributed by atoms with Crippen LogP contribution in [-0.4, -0.2) is 52.3 Å². The summed E-state index contributed by atoms with van der Waals surface area (Å²) in [4.78, 5) is 30.5. The van der Waals surface area contributed by atoms with Crippen molar-refractivity contribution in [3.05, 3.63) is 35.8 Å². The largest absolute Gasteiger partial charge is 0.354 e. The molecule has 0 radical (unpaired) electrons. The molecule has 0 saturated carbocycles. The third-order valence-electron chi connectivity index (χ3n) is 3.92. The van der Waals surface area contributed by atoms with Gasteiger partial charge in [-0.05, 0) is 25.0 Å². The summed E-state index contributed by atoms with van der Waals surface area (Å²) in [5, 5.41) is 2.58. The molecule has 1 aliphatic heterocycles. The summed E-state index contributed by atoms with van der Waals surface area (Å²) in [6.45, 7) is 1.25. The van der Waals surface area contributed by atoms with Crippen LogP contribution in [0.4, 0.5) is 0 Å². The highest BCUT2D eigenvalue weighted by Crippen LogP contribution is 2.14. The van der Waals surface area contributed by atoms with Gasteiger partial charge < -0.3 is 16.0 Å². The molecule has 1 saturated heterocycles. The first-order chi connectivity index (χ1) is 10.6. The lowest BCUT2D eigenvalue weighted by molar-refractivity contribution is 0.0703. The van der Waals surface area contributed by atoms with Crippen molar-refractivity contribution < 1.29 is 9.59 Å². The average Bonchev–Trinajstić information content (AvgIpc) is 2.97. The fourth-order valence-corrected chi connectivity index (χ4v) is 2.78. The van der Waals surface area contributed by atoms with E-state index in [1.165, 1.54) is 0 Å². The number of hydrogen-bond acceptors (Lipinski definition) is 4. The van der Waals surface area contributed by atoms with Crippen LogP contribution in [0.25, 0.3) is 5.65 Å². The van der Waals surface area contributed by atoms with Crippen LogP contribution in [0.15, 0.2) is 24.4 Å². The lowest BCUT2D eigenvalue weighted by Crippen LogP contribution is -2.45. The lowest BCUT2D eigenvalue weighted by atomic mass is 10.1. The molecule has 2 amide bonds. The minimum absolute atomic E-state index is 0.0242. The van der Waals surface area contributed by atoms with Gasteiger partial charge in [-0.2, -0.15) is 0 Å². The minimum Gasteiger partial charge on any atom is -0.354 e. The molecule has 1 fully saturated rings. The number of carbonyl (C=O) groups is 2. The Labute approximate surface area is 128 Å². The predicted molar refractivity (Wildman–Crippen MR) is 81.7 cm³/mol. The maximum atomic E-state index is 12.6. The van der Waals surface area contributed by atoms with E-state index in [2.05, 4.69) is 10.3 Å². The van der Waals surface area contributed by atoms with E-state index in [-0.39, 0.29) is 17.9 Å². The number of pyridine rings is 1. The number of rotatable bonds is 2. The van der Waals surface area contributed by atoms with E-state index in [0.29, 0.717) is 30.1 Å². The van der Waals surface area contributed by atoms with Gasteiger partial charge in [-0.3, -0.25) is 14.0 Å². The van der Waals surface area contributed by atoms with Crippen molar-refractivity contribution >= 4 is 17.5 Å². The first-order valence-corrected chi connectivity index (χ1v) is 7.35. The lowest BCUT2D eigenvalue weighted by Gasteiger charge is -2.30. The number of nitrogens with two attached hydrogens (primary N) is 1. The Balaban J connectivity index is 1.95. The Hall–Kier alpha value is -2.41. The topological polar surface area (TPSA) is 92.7 Å². The molecule has 3 rings (SSSR count). The van der Waals surface area contributed by atoms with Crippen molar-refractivity contribution in [2.75, 3.05) is 20.1 Å². The maximum Gasteiger partial charge on any atom is 0.274 e. The predicted octanol–water partition coefficient (Wildman–Crippen LogP) is 0.257. The normalized spacial score (nSPS) is 18.5. The molecule has 7 heteroatoms. The zero-order valence-electron chi connectivity index (χ0n) is 12.5. The van der Waals surface area contributed by atoms with Crippen LogP contribution in [0.5, 0.6) is 0 Å². The first kappa shape index (κ1) is 14.5. The van der Waals surface area contributed by atoms with E-state index in [4.69, 9.17) is 5.73 Å². The molecule has 0 spiro atoms. The van der Waals surface area contributed by atoms with Gasteiger partial charge in [-0.1, -0.05) is 6.07 Å². The van der Waals surface area contributed by atoms with Crippen molar-refractivity contribution in [1.82, 2.24) is 19.6 Å². The van der Waals surface area contributed by atoms with E-state index in [0.717, 1.165) is 12.8 Å². The molecule has 2 aromatic heterocycles. The first-order valence-electron chi connectivity index (χ1n) is 7.35. The molecular weight excluding hydrogens is 282 g/mol. The third-order valence-corrected chi connectivity index (χ3v) is 3.92. The molecule has 0 aromatic carbocycles. The van der Waals surface area contributed by atoms with E-state index < -0.39 is 0 Å².